The Labute approximate surface area is 114 Å². The smallest absolute Gasteiger partial charge is 0.240 e. The van der Waals surface area contributed by atoms with Crippen molar-refractivity contribution in [2.75, 3.05) is 13.7 Å². The molecule has 1 aromatic rings. The fraction of sp³-hybridized carbons (Fsp3) is 0.538. The highest BCUT2D eigenvalue weighted by molar-refractivity contribution is 7.89. The van der Waals surface area contributed by atoms with Gasteiger partial charge in [-0.2, -0.15) is 0 Å². The quantitative estimate of drug-likeness (QED) is 0.861. The van der Waals surface area contributed by atoms with Crippen molar-refractivity contribution < 1.29 is 18.3 Å². The van der Waals surface area contributed by atoms with Crippen molar-refractivity contribution in [3.05, 3.63) is 23.8 Å². The lowest BCUT2D eigenvalue weighted by Gasteiger charge is -2.19. The fourth-order valence-electron chi connectivity index (χ4n) is 1.44. The third-order valence-electron chi connectivity index (χ3n) is 2.53. The topological polar surface area (TPSA) is 75.6 Å². The van der Waals surface area contributed by atoms with Gasteiger partial charge in [0.1, 0.15) is 5.75 Å². The van der Waals surface area contributed by atoms with Crippen LogP contribution in [0.1, 0.15) is 26.3 Å². The third kappa shape index (κ3) is 4.49. The molecule has 19 heavy (non-hydrogen) atoms. The van der Waals surface area contributed by atoms with E-state index in [0.29, 0.717) is 17.9 Å². The summed E-state index contributed by atoms with van der Waals surface area (Å²) in [6, 6.07) is 4.42. The number of aliphatic hydroxyl groups excluding tert-OH is 1. The van der Waals surface area contributed by atoms with Gasteiger partial charge < -0.3 is 9.84 Å². The predicted molar refractivity (Wildman–Crippen MR) is 73.6 cm³/mol. The molecule has 5 nitrogen and oxygen atoms in total. The first-order valence-electron chi connectivity index (χ1n) is 5.97. The van der Waals surface area contributed by atoms with Gasteiger partial charge in [0, 0.05) is 12.1 Å². The van der Waals surface area contributed by atoms with Crippen molar-refractivity contribution in [1.82, 2.24) is 4.72 Å². The van der Waals surface area contributed by atoms with E-state index in [1.54, 1.807) is 0 Å². The van der Waals surface area contributed by atoms with Crippen LogP contribution in [0.25, 0.3) is 0 Å². The lowest BCUT2D eigenvalue weighted by Crippen LogP contribution is -2.32. The van der Waals surface area contributed by atoms with E-state index in [2.05, 4.69) is 4.72 Å². The highest BCUT2D eigenvalue weighted by atomic mass is 32.2. The van der Waals surface area contributed by atoms with E-state index in [4.69, 9.17) is 4.74 Å². The molecule has 0 saturated carbocycles. The number of hydrogen-bond acceptors (Lipinski definition) is 4. The van der Waals surface area contributed by atoms with Crippen molar-refractivity contribution in [2.45, 2.75) is 32.3 Å². The van der Waals surface area contributed by atoms with Crippen molar-refractivity contribution in [1.29, 1.82) is 0 Å². The summed E-state index contributed by atoms with van der Waals surface area (Å²) in [6.07, 6.45) is 0. The van der Waals surface area contributed by atoms with Gasteiger partial charge >= 0.3 is 0 Å². The van der Waals surface area contributed by atoms with E-state index >= 15 is 0 Å². The number of sulfonamides is 1. The van der Waals surface area contributed by atoms with E-state index in [0.717, 1.165) is 0 Å². The van der Waals surface area contributed by atoms with Gasteiger partial charge in [-0.15, -0.1) is 0 Å². The van der Waals surface area contributed by atoms with E-state index in [9.17, 15) is 13.5 Å². The maximum Gasteiger partial charge on any atom is 0.240 e. The lowest BCUT2D eigenvalue weighted by molar-refractivity contribution is 0.273. The van der Waals surface area contributed by atoms with E-state index in [-0.39, 0.29) is 16.9 Å². The van der Waals surface area contributed by atoms with Gasteiger partial charge in [-0.05, 0) is 23.6 Å². The monoisotopic (exact) mass is 287 g/mol. The number of aliphatic hydroxyl groups is 1. The minimum absolute atomic E-state index is 0.126. The van der Waals surface area contributed by atoms with Crippen LogP contribution in [0.5, 0.6) is 5.75 Å². The van der Waals surface area contributed by atoms with Gasteiger partial charge in [0.25, 0.3) is 0 Å². The number of hydrogen-bond donors (Lipinski definition) is 2. The molecule has 0 saturated heterocycles. The van der Waals surface area contributed by atoms with Crippen LogP contribution in [-0.2, 0) is 16.6 Å². The van der Waals surface area contributed by atoms with Crippen LogP contribution in [0.3, 0.4) is 0 Å². The summed E-state index contributed by atoms with van der Waals surface area (Å²) < 4.78 is 31.8. The summed E-state index contributed by atoms with van der Waals surface area (Å²) in [4.78, 5) is 0.126. The molecule has 0 aliphatic carbocycles. The van der Waals surface area contributed by atoms with E-state index in [1.807, 2.05) is 20.8 Å². The molecule has 108 valence electrons. The van der Waals surface area contributed by atoms with Crippen molar-refractivity contribution in [3.8, 4) is 5.75 Å². The fourth-order valence-corrected chi connectivity index (χ4v) is 2.77. The summed E-state index contributed by atoms with van der Waals surface area (Å²) >= 11 is 0. The zero-order valence-corrected chi connectivity index (χ0v) is 12.5. The first kappa shape index (κ1) is 15.9. The molecule has 0 aliphatic rings. The van der Waals surface area contributed by atoms with Crippen molar-refractivity contribution in [3.63, 3.8) is 0 Å². The maximum absolute atomic E-state index is 12.1. The predicted octanol–water partition coefficient (Wildman–Crippen LogP) is 1.51. The summed E-state index contributed by atoms with van der Waals surface area (Å²) in [5.41, 5.74) is 0.306. The molecule has 6 heteroatoms. The minimum atomic E-state index is -3.57. The van der Waals surface area contributed by atoms with Crippen molar-refractivity contribution >= 4 is 10.0 Å². The standard InChI is InChI=1S/C13H21NO4S/c1-13(2,3)9-14-19(16,17)11-5-6-12(18-4)10(7-11)8-15/h5-7,14-15H,8-9H2,1-4H3. The highest BCUT2D eigenvalue weighted by Gasteiger charge is 2.19. The molecule has 0 aliphatic heterocycles. The Balaban J connectivity index is 3.02. The van der Waals surface area contributed by atoms with Gasteiger partial charge in [-0.1, -0.05) is 20.8 Å². The lowest BCUT2D eigenvalue weighted by atomic mass is 9.98. The molecule has 0 aromatic heterocycles. The average molecular weight is 287 g/mol. The molecule has 1 aromatic carbocycles. The van der Waals surface area contributed by atoms with Gasteiger partial charge in [0.2, 0.25) is 10.0 Å². The Kier molecular flexibility index (Phi) is 4.95. The molecule has 2 N–H and O–H groups in total. The molecular weight excluding hydrogens is 266 g/mol. The zero-order valence-electron chi connectivity index (χ0n) is 11.7. The molecule has 0 amide bonds. The zero-order chi connectivity index (χ0) is 14.7. The Morgan fingerprint density at radius 1 is 1.32 bits per heavy atom. The minimum Gasteiger partial charge on any atom is -0.496 e. The molecule has 0 unspecified atom stereocenters. The second-order valence-corrected chi connectivity index (χ2v) is 7.28. The van der Waals surface area contributed by atoms with Crippen LogP contribution >= 0.6 is 0 Å². The summed E-state index contributed by atoms with van der Waals surface area (Å²) in [6.45, 7) is 5.91. The first-order valence-corrected chi connectivity index (χ1v) is 7.45. The normalized spacial score (nSPS) is 12.5. The molecule has 0 atom stereocenters. The van der Waals surface area contributed by atoms with Gasteiger partial charge in [0.15, 0.2) is 0 Å². The first-order chi connectivity index (χ1) is 8.69. The molecule has 0 spiro atoms. The largest absolute Gasteiger partial charge is 0.496 e. The Hall–Kier alpha value is -1.11. The third-order valence-corrected chi connectivity index (χ3v) is 3.92. The van der Waals surface area contributed by atoms with Gasteiger partial charge in [-0.25, -0.2) is 13.1 Å². The SMILES string of the molecule is COc1ccc(S(=O)(=O)NCC(C)(C)C)cc1CO. The number of ether oxygens (including phenoxy) is 1. The van der Waals surface area contributed by atoms with Gasteiger partial charge in [0.05, 0.1) is 18.6 Å². The molecule has 0 fully saturated rings. The van der Waals surface area contributed by atoms with E-state index in [1.165, 1.54) is 25.3 Å². The van der Waals surface area contributed by atoms with Crippen LogP contribution in [0.2, 0.25) is 0 Å². The molecule has 1 rings (SSSR count). The number of methoxy groups -OCH3 is 1. The summed E-state index contributed by atoms with van der Waals surface area (Å²) in [5, 5.41) is 9.20. The second-order valence-electron chi connectivity index (χ2n) is 5.52. The number of rotatable bonds is 5. The molecule has 0 heterocycles. The molecule has 0 bridgehead atoms. The van der Waals surface area contributed by atoms with Crippen LogP contribution in [-0.4, -0.2) is 27.2 Å². The van der Waals surface area contributed by atoms with Crippen LogP contribution in [0.4, 0.5) is 0 Å². The number of nitrogens with one attached hydrogen (secondary N) is 1. The molecular formula is C13H21NO4S. The van der Waals surface area contributed by atoms with Crippen LogP contribution in [0.15, 0.2) is 23.1 Å². The summed E-state index contributed by atoms with van der Waals surface area (Å²) in [7, 11) is -2.09. The Morgan fingerprint density at radius 3 is 2.42 bits per heavy atom. The average Bonchev–Trinajstić information content (AvgIpc) is 2.35. The summed E-state index contributed by atoms with van der Waals surface area (Å²) in [5.74, 6) is 0.470. The van der Waals surface area contributed by atoms with E-state index < -0.39 is 10.0 Å². The second kappa shape index (κ2) is 5.90. The van der Waals surface area contributed by atoms with Crippen molar-refractivity contribution in [2.24, 2.45) is 5.41 Å². The highest BCUT2D eigenvalue weighted by Crippen LogP contribution is 2.22. The Morgan fingerprint density at radius 2 is 1.95 bits per heavy atom. The van der Waals surface area contributed by atoms with Crippen LogP contribution < -0.4 is 9.46 Å². The molecule has 0 radical (unpaired) electrons. The Bertz CT molecular complexity index is 532. The van der Waals surface area contributed by atoms with Crippen LogP contribution in [0, 0.1) is 5.41 Å². The number of benzene rings is 1. The van der Waals surface area contributed by atoms with Gasteiger partial charge in [-0.3, -0.25) is 0 Å². The maximum atomic E-state index is 12.1.